The Kier molecular flexibility index (Phi) is 2.85. The van der Waals surface area contributed by atoms with E-state index in [1.165, 1.54) is 24.0 Å². The first-order chi connectivity index (χ1) is 5.61. The van der Waals surface area contributed by atoms with Crippen molar-refractivity contribution in [3.63, 3.8) is 0 Å². The number of hydrogen-bond acceptors (Lipinski definition) is 1. The van der Waals surface area contributed by atoms with Crippen LogP contribution in [-0.4, -0.2) is 5.71 Å². The summed E-state index contributed by atoms with van der Waals surface area (Å²) in [6.45, 7) is 10.2. The van der Waals surface area contributed by atoms with Crippen molar-refractivity contribution in [3.8, 4) is 0 Å². The van der Waals surface area contributed by atoms with Crippen molar-refractivity contribution >= 4 is 5.71 Å². The first-order valence-electron chi connectivity index (χ1n) is 4.51. The van der Waals surface area contributed by atoms with Gasteiger partial charge in [0.15, 0.2) is 0 Å². The van der Waals surface area contributed by atoms with Crippen LogP contribution in [0.2, 0.25) is 0 Å². The fourth-order valence-corrected chi connectivity index (χ4v) is 1.65. The zero-order chi connectivity index (χ0) is 9.14. The lowest BCUT2D eigenvalue weighted by molar-refractivity contribution is 0.928. The SMILES string of the molecule is C=C1CCC/C1=C(\C)N=C(C)C. The van der Waals surface area contributed by atoms with Gasteiger partial charge in [0.25, 0.3) is 0 Å². The molecule has 0 atom stereocenters. The van der Waals surface area contributed by atoms with Crippen molar-refractivity contribution in [3.05, 3.63) is 23.4 Å². The van der Waals surface area contributed by atoms with E-state index in [2.05, 4.69) is 18.5 Å². The Morgan fingerprint density at radius 1 is 1.25 bits per heavy atom. The topological polar surface area (TPSA) is 12.4 Å². The second-order valence-corrected chi connectivity index (χ2v) is 3.58. The number of nitrogens with zero attached hydrogens (tertiary/aromatic N) is 1. The molecule has 0 bridgehead atoms. The first-order valence-corrected chi connectivity index (χ1v) is 4.51. The lowest BCUT2D eigenvalue weighted by Gasteiger charge is -2.02. The highest BCUT2D eigenvalue weighted by Crippen LogP contribution is 2.31. The summed E-state index contributed by atoms with van der Waals surface area (Å²) >= 11 is 0. The monoisotopic (exact) mass is 163 g/mol. The number of aliphatic imine (C=N–C) groups is 1. The molecule has 0 amide bonds. The minimum absolute atomic E-state index is 1.12. The van der Waals surface area contributed by atoms with E-state index in [9.17, 15) is 0 Å². The number of allylic oxidation sites excluding steroid dienone is 3. The Bertz CT molecular complexity index is 252. The summed E-state index contributed by atoms with van der Waals surface area (Å²) in [4.78, 5) is 4.45. The highest BCUT2D eigenvalue weighted by Gasteiger charge is 2.13. The van der Waals surface area contributed by atoms with Gasteiger partial charge in [-0.25, -0.2) is 0 Å². The van der Waals surface area contributed by atoms with Crippen molar-refractivity contribution in [2.75, 3.05) is 0 Å². The van der Waals surface area contributed by atoms with Gasteiger partial charge in [0.2, 0.25) is 0 Å². The second kappa shape index (κ2) is 3.70. The molecule has 1 aliphatic carbocycles. The van der Waals surface area contributed by atoms with Gasteiger partial charge in [0.05, 0.1) is 0 Å². The van der Waals surface area contributed by atoms with Crippen LogP contribution in [0.5, 0.6) is 0 Å². The summed E-state index contributed by atoms with van der Waals surface area (Å²) < 4.78 is 0. The Morgan fingerprint density at radius 3 is 2.33 bits per heavy atom. The summed E-state index contributed by atoms with van der Waals surface area (Å²) in [5, 5.41) is 0. The van der Waals surface area contributed by atoms with Crippen LogP contribution in [0.3, 0.4) is 0 Å². The maximum absolute atomic E-state index is 4.45. The van der Waals surface area contributed by atoms with Crippen molar-refractivity contribution in [2.24, 2.45) is 4.99 Å². The number of hydrogen-bond donors (Lipinski definition) is 0. The Labute approximate surface area is 74.9 Å². The van der Waals surface area contributed by atoms with Crippen LogP contribution in [0.1, 0.15) is 40.0 Å². The van der Waals surface area contributed by atoms with Crippen molar-refractivity contribution in [2.45, 2.75) is 40.0 Å². The third-order valence-electron chi connectivity index (χ3n) is 2.16. The molecule has 0 spiro atoms. The van der Waals surface area contributed by atoms with E-state index in [1.54, 1.807) is 0 Å². The van der Waals surface area contributed by atoms with E-state index < -0.39 is 0 Å². The van der Waals surface area contributed by atoms with E-state index in [4.69, 9.17) is 0 Å². The maximum Gasteiger partial charge on any atom is 0.0406 e. The van der Waals surface area contributed by atoms with E-state index in [0.717, 1.165) is 17.8 Å². The molecule has 0 radical (unpaired) electrons. The number of rotatable bonds is 1. The summed E-state index contributed by atoms with van der Waals surface area (Å²) in [6, 6.07) is 0. The minimum atomic E-state index is 1.12. The van der Waals surface area contributed by atoms with Gasteiger partial charge in [-0.2, -0.15) is 0 Å². The van der Waals surface area contributed by atoms with Crippen LogP contribution in [-0.2, 0) is 0 Å². The Morgan fingerprint density at radius 2 is 1.92 bits per heavy atom. The van der Waals surface area contributed by atoms with Gasteiger partial charge in [0, 0.05) is 11.4 Å². The van der Waals surface area contributed by atoms with Gasteiger partial charge < -0.3 is 0 Å². The van der Waals surface area contributed by atoms with Crippen LogP contribution in [0.15, 0.2) is 28.4 Å². The molecule has 0 aromatic heterocycles. The van der Waals surface area contributed by atoms with Crippen molar-refractivity contribution in [1.29, 1.82) is 0 Å². The van der Waals surface area contributed by atoms with Crippen LogP contribution >= 0.6 is 0 Å². The second-order valence-electron chi connectivity index (χ2n) is 3.58. The largest absolute Gasteiger partial charge is 0.263 e. The molecule has 0 aliphatic heterocycles. The predicted molar refractivity (Wildman–Crippen MR) is 54.5 cm³/mol. The summed E-state index contributed by atoms with van der Waals surface area (Å²) in [7, 11) is 0. The zero-order valence-electron chi connectivity index (χ0n) is 8.28. The lowest BCUT2D eigenvalue weighted by atomic mass is 10.1. The van der Waals surface area contributed by atoms with Gasteiger partial charge in [-0.3, -0.25) is 4.99 Å². The van der Waals surface area contributed by atoms with Crippen LogP contribution < -0.4 is 0 Å². The quantitative estimate of drug-likeness (QED) is 0.525. The molecule has 0 saturated heterocycles. The van der Waals surface area contributed by atoms with E-state index in [1.807, 2.05) is 13.8 Å². The Balaban J connectivity index is 2.89. The highest BCUT2D eigenvalue weighted by atomic mass is 14.7. The standard InChI is InChI=1S/C11H17N/c1-8(2)12-10(4)11-7-5-6-9(11)3/h3,5-7H2,1-2,4H3/b11-10-. The average molecular weight is 163 g/mol. The molecule has 1 nitrogen and oxygen atoms in total. The normalized spacial score (nSPS) is 21.1. The molecule has 1 heteroatoms. The van der Waals surface area contributed by atoms with Gasteiger partial charge >= 0.3 is 0 Å². The van der Waals surface area contributed by atoms with Crippen molar-refractivity contribution in [1.82, 2.24) is 0 Å². The molecule has 0 N–H and O–H groups in total. The Hall–Kier alpha value is -0.850. The maximum atomic E-state index is 4.45. The fraction of sp³-hybridized carbons (Fsp3) is 0.545. The molecule has 66 valence electrons. The summed E-state index contributed by atoms with van der Waals surface area (Å²) in [5.74, 6) is 0. The van der Waals surface area contributed by atoms with Gasteiger partial charge in [0.1, 0.15) is 0 Å². The molecule has 0 heterocycles. The molecule has 1 fully saturated rings. The molecule has 0 aromatic rings. The third kappa shape index (κ3) is 2.07. The van der Waals surface area contributed by atoms with Crippen LogP contribution in [0, 0.1) is 0 Å². The lowest BCUT2D eigenvalue weighted by Crippen LogP contribution is -1.86. The highest BCUT2D eigenvalue weighted by molar-refractivity contribution is 5.80. The first kappa shape index (κ1) is 9.24. The molecular formula is C11H17N. The van der Waals surface area contributed by atoms with Crippen LogP contribution in [0.25, 0.3) is 0 Å². The van der Waals surface area contributed by atoms with E-state index >= 15 is 0 Å². The van der Waals surface area contributed by atoms with Crippen LogP contribution in [0.4, 0.5) is 0 Å². The van der Waals surface area contributed by atoms with Gasteiger partial charge in [-0.05, 0) is 45.6 Å². The predicted octanol–water partition coefficient (Wildman–Crippen LogP) is 3.48. The molecule has 0 aromatic carbocycles. The minimum Gasteiger partial charge on any atom is -0.263 e. The molecule has 0 unspecified atom stereocenters. The molecule has 12 heavy (non-hydrogen) atoms. The smallest absolute Gasteiger partial charge is 0.0406 e. The van der Waals surface area contributed by atoms with Crippen molar-refractivity contribution < 1.29 is 0 Å². The zero-order valence-corrected chi connectivity index (χ0v) is 8.28. The summed E-state index contributed by atoms with van der Waals surface area (Å²) in [5.41, 5.74) is 4.96. The van der Waals surface area contributed by atoms with E-state index in [-0.39, 0.29) is 0 Å². The molecule has 1 saturated carbocycles. The summed E-state index contributed by atoms with van der Waals surface area (Å²) in [6.07, 6.45) is 3.58. The molecule has 1 aliphatic rings. The van der Waals surface area contributed by atoms with Gasteiger partial charge in [-0.1, -0.05) is 12.2 Å². The molecular weight excluding hydrogens is 146 g/mol. The average Bonchev–Trinajstić information content (AvgIpc) is 2.33. The van der Waals surface area contributed by atoms with E-state index in [0.29, 0.717) is 0 Å². The molecule has 1 rings (SSSR count). The third-order valence-corrected chi connectivity index (χ3v) is 2.16. The fourth-order valence-electron chi connectivity index (χ4n) is 1.65. The van der Waals surface area contributed by atoms with Gasteiger partial charge in [-0.15, -0.1) is 0 Å².